The van der Waals surface area contributed by atoms with Crippen molar-refractivity contribution in [3.63, 3.8) is 0 Å². The summed E-state index contributed by atoms with van der Waals surface area (Å²) in [5.41, 5.74) is 1.78. The molecule has 2 heterocycles. The van der Waals surface area contributed by atoms with Crippen LogP contribution in [0.1, 0.15) is 11.3 Å². The number of aryl methyl sites for hydroxylation is 1. The lowest BCUT2D eigenvalue weighted by molar-refractivity contribution is 0.985. The van der Waals surface area contributed by atoms with Crippen LogP contribution in [0, 0.1) is 18.3 Å². The first-order chi connectivity index (χ1) is 7.70. The number of hydrogen-bond donors (Lipinski definition) is 1. The van der Waals surface area contributed by atoms with Crippen molar-refractivity contribution in [1.82, 2.24) is 15.2 Å². The molecule has 0 fully saturated rings. The van der Waals surface area contributed by atoms with Crippen LogP contribution in [-0.4, -0.2) is 15.2 Å². The standard InChI is InChI=1S/C11H8N4O/c1-7-2-3-10(15-14-7)9-4-8(5-12)11(16)13-6-9/h2-4,6H,1H3,(H,13,16). The third-order valence-corrected chi connectivity index (χ3v) is 2.12. The molecule has 0 amide bonds. The van der Waals surface area contributed by atoms with Crippen LogP contribution in [0.4, 0.5) is 0 Å². The van der Waals surface area contributed by atoms with Gasteiger partial charge in [0.05, 0.1) is 11.4 Å². The lowest BCUT2D eigenvalue weighted by Gasteiger charge is -1.99. The summed E-state index contributed by atoms with van der Waals surface area (Å²) in [5.74, 6) is 0. The molecule has 5 nitrogen and oxygen atoms in total. The topological polar surface area (TPSA) is 82.4 Å². The monoisotopic (exact) mass is 212 g/mol. The zero-order valence-electron chi connectivity index (χ0n) is 8.56. The Labute approximate surface area is 91.4 Å². The van der Waals surface area contributed by atoms with Gasteiger partial charge in [0.2, 0.25) is 0 Å². The Kier molecular flexibility index (Phi) is 2.48. The Morgan fingerprint density at radius 3 is 2.81 bits per heavy atom. The van der Waals surface area contributed by atoms with Gasteiger partial charge in [-0.05, 0) is 25.1 Å². The third kappa shape index (κ3) is 1.81. The first kappa shape index (κ1) is 10.1. The summed E-state index contributed by atoms with van der Waals surface area (Å²) in [5, 5.41) is 16.6. The average Bonchev–Trinajstić information content (AvgIpc) is 2.31. The molecule has 0 atom stereocenters. The van der Waals surface area contributed by atoms with Gasteiger partial charge >= 0.3 is 0 Å². The lowest BCUT2D eigenvalue weighted by atomic mass is 10.1. The number of aromatic amines is 1. The van der Waals surface area contributed by atoms with Crippen LogP contribution in [-0.2, 0) is 0 Å². The van der Waals surface area contributed by atoms with Gasteiger partial charge < -0.3 is 4.98 Å². The van der Waals surface area contributed by atoms with E-state index >= 15 is 0 Å². The van der Waals surface area contributed by atoms with Crippen LogP contribution in [0.2, 0.25) is 0 Å². The Morgan fingerprint density at radius 1 is 1.38 bits per heavy atom. The van der Waals surface area contributed by atoms with Crippen molar-refractivity contribution in [2.45, 2.75) is 6.92 Å². The maximum absolute atomic E-state index is 11.2. The second-order valence-electron chi connectivity index (χ2n) is 3.30. The number of nitrogens with one attached hydrogen (secondary N) is 1. The molecule has 0 unspecified atom stereocenters. The van der Waals surface area contributed by atoms with Gasteiger partial charge in [0.25, 0.3) is 5.56 Å². The van der Waals surface area contributed by atoms with Gasteiger partial charge in [0.1, 0.15) is 11.6 Å². The number of nitrogens with zero attached hydrogens (tertiary/aromatic N) is 3. The molecule has 2 aromatic rings. The van der Waals surface area contributed by atoms with Crippen molar-refractivity contribution in [3.05, 3.63) is 46.0 Å². The molecule has 0 saturated heterocycles. The zero-order valence-corrected chi connectivity index (χ0v) is 8.56. The van der Waals surface area contributed by atoms with Crippen molar-refractivity contribution in [2.24, 2.45) is 0 Å². The highest BCUT2D eigenvalue weighted by molar-refractivity contribution is 5.59. The summed E-state index contributed by atoms with van der Waals surface area (Å²) in [7, 11) is 0. The zero-order chi connectivity index (χ0) is 11.5. The third-order valence-electron chi connectivity index (χ3n) is 2.12. The molecule has 78 valence electrons. The van der Waals surface area contributed by atoms with E-state index in [4.69, 9.17) is 5.26 Å². The number of nitriles is 1. The molecule has 0 aromatic carbocycles. The second-order valence-corrected chi connectivity index (χ2v) is 3.30. The predicted octanol–water partition coefficient (Wildman–Crippen LogP) is 1.01. The summed E-state index contributed by atoms with van der Waals surface area (Å²) >= 11 is 0. The fraction of sp³-hybridized carbons (Fsp3) is 0.0909. The van der Waals surface area contributed by atoms with E-state index in [-0.39, 0.29) is 5.56 Å². The normalized spacial score (nSPS) is 9.75. The van der Waals surface area contributed by atoms with E-state index in [1.165, 1.54) is 12.3 Å². The van der Waals surface area contributed by atoms with Gasteiger partial charge in [-0.1, -0.05) is 0 Å². The second kappa shape index (κ2) is 3.95. The Balaban J connectivity index is 2.53. The summed E-state index contributed by atoms with van der Waals surface area (Å²) in [6.45, 7) is 1.84. The van der Waals surface area contributed by atoms with Gasteiger partial charge in [-0.25, -0.2) is 0 Å². The lowest BCUT2D eigenvalue weighted by Crippen LogP contribution is -2.09. The molecule has 0 saturated carbocycles. The van der Waals surface area contributed by atoms with E-state index < -0.39 is 5.56 Å². The fourth-order valence-electron chi connectivity index (χ4n) is 1.27. The smallest absolute Gasteiger partial charge is 0.265 e. The molecular weight excluding hydrogens is 204 g/mol. The molecule has 2 rings (SSSR count). The van der Waals surface area contributed by atoms with Gasteiger partial charge in [-0.3, -0.25) is 4.79 Å². The van der Waals surface area contributed by atoms with Gasteiger partial charge in [-0.2, -0.15) is 15.5 Å². The molecule has 16 heavy (non-hydrogen) atoms. The largest absolute Gasteiger partial charge is 0.327 e. The van der Waals surface area contributed by atoms with E-state index in [2.05, 4.69) is 15.2 Å². The molecule has 0 spiro atoms. The van der Waals surface area contributed by atoms with Crippen LogP contribution < -0.4 is 5.56 Å². The quantitative estimate of drug-likeness (QED) is 0.764. The highest BCUT2D eigenvalue weighted by Gasteiger charge is 2.04. The molecule has 5 heteroatoms. The molecule has 2 aromatic heterocycles. The van der Waals surface area contributed by atoms with Crippen molar-refractivity contribution in [3.8, 4) is 17.3 Å². The molecule has 0 radical (unpaired) electrons. The van der Waals surface area contributed by atoms with Crippen molar-refractivity contribution < 1.29 is 0 Å². The maximum Gasteiger partial charge on any atom is 0.265 e. The van der Waals surface area contributed by atoms with E-state index in [1.807, 2.05) is 19.1 Å². The summed E-state index contributed by atoms with van der Waals surface area (Å²) in [4.78, 5) is 13.7. The van der Waals surface area contributed by atoms with Gasteiger partial charge in [-0.15, -0.1) is 0 Å². The van der Waals surface area contributed by atoms with Crippen LogP contribution in [0.3, 0.4) is 0 Å². The maximum atomic E-state index is 11.2. The Morgan fingerprint density at radius 2 is 2.19 bits per heavy atom. The highest BCUT2D eigenvalue weighted by atomic mass is 16.1. The van der Waals surface area contributed by atoms with Crippen molar-refractivity contribution in [2.75, 3.05) is 0 Å². The summed E-state index contributed by atoms with van der Waals surface area (Å²) in [6, 6.07) is 6.93. The van der Waals surface area contributed by atoms with Gasteiger partial charge in [0.15, 0.2) is 0 Å². The molecule has 0 aliphatic carbocycles. The minimum absolute atomic E-state index is 0.0693. The van der Waals surface area contributed by atoms with Gasteiger partial charge in [0, 0.05) is 11.8 Å². The summed E-state index contributed by atoms with van der Waals surface area (Å²) < 4.78 is 0. The molecule has 0 aliphatic rings. The van der Waals surface area contributed by atoms with Crippen LogP contribution in [0.5, 0.6) is 0 Å². The highest BCUT2D eigenvalue weighted by Crippen LogP contribution is 2.14. The number of hydrogen-bond acceptors (Lipinski definition) is 4. The minimum atomic E-state index is -0.397. The molecule has 0 aliphatic heterocycles. The number of pyridine rings is 1. The molecule has 1 N–H and O–H groups in total. The first-order valence-electron chi connectivity index (χ1n) is 4.64. The van der Waals surface area contributed by atoms with Crippen molar-refractivity contribution >= 4 is 0 Å². The number of aromatic nitrogens is 3. The fourth-order valence-corrected chi connectivity index (χ4v) is 1.27. The SMILES string of the molecule is Cc1ccc(-c2c[nH]c(=O)c(C#N)c2)nn1. The first-order valence-corrected chi connectivity index (χ1v) is 4.64. The number of rotatable bonds is 1. The van der Waals surface area contributed by atoms with E-state index in [0.29, 0.717) is 11.3 Å². The minimum Gasteiger partial charge on any atom is -0.327 e. The Hall–Kier alpha value is -2.48. The summed E-state index contributed by atoms with van der Waals surface area (Å²) in [6.07, 6.45) is 1.52. The number of H-pyrrole nitrogens is 1. The molecular formula is C11H8N4O. The van der Waals surface area contributed by atoms with E-state index in [0.717, 1.165) is 5.69 Å². The predicted molar refractivity (Wildman–Crippen MR) is 57.5 cm³/mol. The van der Waals surface area contributed by atoms with Crippen LogP contribution in [0.25, 0.3) is 11.3 Å². The van der Waals surface area contributed by atoms with E-state index in [9.17, 15) is 4.79 Å². The van der Waals surface area contributed by atoms with Crippen LogP contribution >= 0.6 is 0 Å². The molecule has 0 bridgehead atoms. The van der Waals surface area contributed by atoms with Crippen LogP contribution in [0.15, 0.2) is 29.2 Å². The van der Waals surface area contributed by atoms with Crippen molar-refractivity contribution in [1.29, 1.82) is 5.26 Å². The van der Waals surface area contributed by atoms with E-state index in [1.54, 1.807) is 6.07 Å². The Bertz CT molecular complexity index is 607. The average molecular weight is 212 g/mol.